The second-order valence-corrected chi connectivity index (χ2v) is 5.86. The lowest BCUT2D eigenvalue weighted by atomic mass is 9.97. The molecule has 3 rings (SSSR count). The third kappa shape index (κ3) is 3.17. The normalized spacial score (nSPS) is 16.8. The summed E-state index contributed by atoms with van der Waals surface area (Å²) in [5.74, 6) is 0. The number of carbonyl (C=O) groups is 1. The molecule has 1 heterocycles. The molecule has 0 bridgehead atoms. The van der Waals surface area contributed by atoms with Crippen LogP contribution < -0.4 is 15.5 Å². The fraction of sp³-hybridized carbons (Fsp3) is 0.235. The molecular formula is C17H18ClN3O. The van der Waals surface area contributed by atoms with E-state index >= 15 is 0 Å². The standard InChI is InChI=1S/C17H18ClN3O/c1-21-11-10-15(14-4-2-3-5-16(14)21)20-17(22)19-13-8-6-12(18)7-9-13/h2-9,15H,10-11H2,1H3,(H2,19,20,22). The number of anilines is 2. The van der Waals surface area contributed by atoms with Gasteiger partial charge in [-0.25, -0.2) is 4.79 Å². The number of benzene rings is 2. The minimum atomic E-state index is -0.202. The highest BCUT2D eigenvalue weighted by atomic mass is 35.5. The van der Waals surface area contributed by atoms with Gasteiger partial charge in [0.1, 0.15) is 0 Å². The van der Waals surface area contributed by atoms with Crippen molar-refractivity contribution in [2.24, 2.45) is 0 Å². The number of rotatable bonds is 2. The summed E-state index contributed by atoms with van der Waals surface area (Å²) in [5.41, 5.74) is 3.05. The first-order chi connectivity index (χ1) is 10.6. The fourth-order valence-electron chi connectivity index (χ4n) is 2.74. The molecule has 0 saturated carbocycles. The van der Waals surface area contributed by atoms with Crippen molar-refractivity contribution in [1.29, 1.82) is 0 Å². The average Bonchev–Trinajstić information content (AvgIpc) is 2.53. The van der Waals surface area contributed by atoms with E-state index in [4.69, 9.17) is 11.6 Å². The Morgan fingerprint density at radius 2 is 1.91 bits per heavy atom. The molecule has 5 heteroatoms. The van der Waals surface area contributed by atoms with Crippen LogP contribution in [0.15, 0.2) is 48.5 Å². The lowest BCUT2D eigenvalue weighted by Crippen LogP contribution is -2.38. The highest BCUT2D eigenvalue weighted by Crippen LogP contribution is 2.32. The molecule has 2 aromatic rings. The van der Waals surface area contributed by atoms with Crippen LogP contribution in [0.5, 0.6) is 0 Å². The second kappa shape index (κ2) is 6.28. The SMILES string of the molecule is CN1CCC(NC(=O)Nc2ccc(Cl)cc2)c2ccccc21. The summed E-state index contributed by atoms with van der Waals surface area (Å²) < 4.78 is 0. The predicted molar refractivity (Wildman–Crippen MR) is 90.7 cm³/mol. The van der Waals surface area contributed by atoms with E-state index in [0.717, 1.165) is 24.2 Å². The Labute approximate surface area is 135 Å². The van der Waals surface area contributed by atoms with Gasteiger partial charge < -0.3 is 15.5 Å². The first kappa shape index (κ1) is 14.7. The topological polar surface area (TPSA) is 44.4 Å². The van der Waals surface area contributed by atoms with Crippen molar-refractivity contribution < 1.29 is 4.79 Å². The highest BCUT2D eigenvalue weighted by molar-refractivity contribution is 6.30. The summed E-state index contributed by atoms with van der Waals surface area (Å²) in [7, 11) is 2.07. The Morgan fingerprint density at radius 3 is 2.68 bits per heavy atom. The fourth-order valence-corrected chi connectivity index (χ4v) is 2.86. The maximum Gasteiger partial charge on any atom is 0.319 e. The van der Waals surface area contributed by atoms with E-state index in [0.29, 0.717) is 5.02 Å². The maximum absolute atomic E-state index is 12.2. The van der Waals surface area contributed by atoms with Gasteiger partial charge >= 0.3 is 6.03 Å². The Balaban J connectivity index is 1.69. The first-order valence-electron chi connectivity index (χ1n) is 7.26. The van der Waals surface area contributed by atoms with Gasteiger partial charge in [0.05, 0.1) is 6.04 Å². The number of para-hydroxylation sites is 1. The Morgan fingerprint density at radius 1 is 1.18 bits per heavy atom. The van der Waals surface area contributed by atoms with E-state index in [9.17, 15) is 4.79 Å². The smallest absolute Gasteiger partial charge is 0.319 e. The van der Waals surface area contributed by atoms with Crippen LogP contribution in [0.3, 0.4) is 0 Å². The molecule has 1 unspecified atom stereocenters. The monoisotopic (exact) mass is 315 g/mol. The van der Waals surface area contributed by atoms with E-state index in [1.165, 1.54) is 5.69 Å². The van der Waals surface area contributed by atoms with Gasteiger partial charge in [0.25, 0.3) is 0 Å². The molecule has 0 aliphatic carbocycles. The van der Waals surface area contributed by atoms with E-state index in [-0.39, 0.29) is 12.1 Å². The lowest BCUT2D eigenvalue weighted by molar-refractivity contribution is 0.247. The number of amides is 2. The molecule has 0 saturated heterocycles. The number of halogens is 1. The number of nitrogens with zero attached hydrogens (tertiary/aromatic N) is 1. The maximum atomic E-state index is 12.2. The van der Waals surface area contributed by atoms with Crippen LogP contribution in [-0.2, 0) is 0 Å². The summed E-state index contributed by atoms with van der Waals surface area (Å²) in [6.45, 7) is 0.920. The number of carbonyl (C=O) groups excluding carboxylic acids is 1. The van der Waals surface area contributed by atoms with Gasteiger partial charge in [0.2, 0.25) is 0 Å². The molecule has 2 N–H and O–H groups in total. The van der Waals surface area contributed by atoms with Crippen molar-refractivity contribution in [2.45, 2.75) is 12.5 Å². The van der Waals surface area contributed by atoms with Crippen LogP contribution in [0.25, 0.3) is 0 Å². The zero-order chi connectivity index (χ0) is 15.5. The largest absolute Gasteiger partial charge is 0.374 e. The number of fused-ring (bicyclic) bond motifs is 1. The van der Waals surface area contributed by atoms with Crippen LogP contribution in [0.2, 0.25) is 5.02 Å². The van der Waals surface area contributed by atoms with Crippen LogP contribution in [-0.4, -0.2) is 19.6 Å². The first-order valence-corrected chi connectivity index (χ1v) is 7.64. The Kier molecular flexibility index (Phi) is 4.20. The molecule has 1 aliphatic rings. The highest BCUT2D eigenvalue weighted by Gasteiger charge is 2.24. The van der Waals surface area contributed by atoms with Crippen molar-refractivity contribution in [3.05, 3.63) is 59.1 Å². The van der Waals surface area contributed by atoms with E-state index in [2.05, 4.69) is 34.7 Å². The van der Waals surface area contributed by atoms with Crippen LogP contribution in [0.1, 0.15) is 18.0 Å². The van der Waals surface area contributed by atoms with Gasteiger partial charge in [0, 0.05) is 30.0 Å². The van der Waals surface area contributed by atoms with Crippen LogP contribution in [0, 0.1) is 0 Å². The molecule has 0 aromatic heterocycles. The van der Waals surface area contributed by atoms with Gasteiger partial charge in [-0.3, -0.25) is 0 Å². The quantitative estimate of drug-likeness (QED) is 0.878. The van der Waals surface area contributed by atoms with Gasteiger partial charge in [-0.15, -0.1) is 0 Å². The van der Waals surface area contributed by atoms with Crippen LogP contribution in [0.4, 0.5) is 16.2 Å². The van der Waals surface area contributed by atoms with Crippen molar-refractivity contribution in [3.8, 4) is 0 Å². The third-order valence-electron chi connectivity index (χ3n) is 3.88. The number of urea groups is 1. The molecule has 0 spiro atoms. The van der Waals surface area contributed by atoms with Crippen molar-refractivity contribution in [3.63, 3.8) is 0 Å². The molecule has 114 valence electrons. The molecule has 1 atom stereocenters. The third-order valence-corrected chi connectivity index (χ3v) is 4.14. The number of hydrogen-bond acceptors (Lipinski definition) is 2. The molecule has 0 fully saturated rings. The summed E-state index contributed by atoms with van der Waals surface area (Å²) in [5, 5.41) is 6.53. The average molecular weight is 316 g/mol. The summed E-state index contributed by atoms with van der Waals surface area (Å²) in [6, 6.07) is 15.1. The summed E-state index contributed by atoms with van der Waals surface area (Å²) in [6.07, 6.45) is 0.890. The predicted octanol–water partition coefficient (Wildman–Crippen LogP) is 4.04. The van der Waals surface area contributed by atoms with E-state index in [1.807, 2.05) is 12.1 Å². The van der Waals surface area contributed by atoms with Gasteiger partial charge in [-0.05, 0) is 42.3 Å². The molecule has 4 nitrogen and oxygen atoms in total. The number of nitrogens with one attached hydrogen (secondary N) is 2. The molecule has 2 amide bonds. The van der Waals surface area contributed by atoms with Gasteiger partial charge in [-0.2, -0.15) is 0 Å². The lowest BCUT2D eigenvalue weighted by Gasteiger charge is -2.33. The Bertz CT molecular complexity index is 672. The summed E-state index contributed by atoms with van der Waals surface area (Å²) in [4.78, 5) is 14.4. The molecule has 22 heavy (non-hydrogen) atoms. The molecule has 1 aliphatic heterocycles. The zero-order valence-electron chi connectivity index (χ0n) is 12.3. The minimum Gasteiger partial charge on any atom is -0.374 e. The van der Waals surface area contributed by atoms with Crippen molar-refractivity contribution in [1.82, 2.24) is 5.32 Å². The van der Waals surface area contributed by atoms with E-state index < -0.39 is 0 Å². The van der Waals surface area contributed by atoms with Gasteiger partial charge in [0.15, 0.2) is 0 Å². The van der Waals surface area contributed by atoms with Crippen molar-refractivity contribution >= 4 is 29.0 Å². The zero-order valence-corrected chi connectivity index (χ0v) is 13.1. The van der Waals surface area contributed by atoms with E-state index in [1.54, 1.807) is 24.3 Å². The second-order valence-electron chi connectivity index (χ2n) is 5.43. The minimum absolute atomic E-state index is 0.0275. The van der Waals surface area contributed by atoms with Crippen molar-refractivity contribution in [2.75, 3.05) is 23.8 Å². The van der Waals surface area contributed by atoms with Gasteiger partial charge in [-0.1, -0.05) is 29.8 Å². The van der Waals surface area contributed by atoms with Crippen LogP contribution >= 0.6 is 11.6 Å². The molecule has 2 aromatic carbocycles. The molecule has 0 radical (unpaired) electrons. The molecular weight excluding hydrogens is 298 g/mol. The number of hydrogen-bond donors (Lipinski definition) is 2. The summed E-state index contributed by atoms with van der Waals surface area (Å²) >= 11 is 5.84. The Hall–Kier alpha value is -2.20.